The molecule has 0 radical (unpaired) electrons. The van der Waals surface area contributed by atoms with Crippen molar-refractivity contribution < 1.29 is 13.9 Å². The van der Waals surface area contributed by atoms with Crippen LogP contribution >= 0.6 is 0 Å². The number of carbonyl (C=O) groups excluding carboxylic acids is 1. The molecule has 2 heterocycles. The van der Waals surface area contributed by atoms with E-state index in [0.29, 0.717) is 19.6 Å². The lowest BCUT2D eigenvalue weighted by atomic mass is 10.0. The van der Waals surface area contributed by atoms with E-state index in [-0.39, 0.29) is 12.0 Å². The lowest BCUT2D eigenvalue weighted by molar-refractivity contribution is -0.121. The summed E-state index contributed by atoms with van der Waals surface area (Å²) in [4.78, 5) is 14.9. The van der Waals surface area contributed by atoms with Gasteiger partial charge in [0.15, 0.2) is 0 Å². The minimum absolute atomic E-state index is 0.00490. The van der Waals surface area contributed by atoms with Crippen molar-refractivity contribution in [1.82, 2.24) is 10.2 Å². The second kappa shape index (κ2) is 8.80. The van der Waals surface area contributed by atoms with Gasteiger partial charge in [0.1, 0.15) is 5.58 Å². The monoisotopic (exact) mass is 392 g/mol. The molecule has 152 valence electrons. The largest absolute Gasteiger partial charge is 0.464 e. The number of hydrogen-bond acceptors (Lipinski definition) is 4. The van der Waals surface area contributed by atoms with Gasteiger partial charge < -0.3 is 14.5 Å². The van der Waals surface area contributed by atoms with E-state index in [1.807, 2.05) is 12.1 Å². The fourth-order valence-corrected chi connectivity index (χ4v) is 3.83. The van der Waals surface area contributed by atoms with Gasteiger partial charge in [-0.2, -0.15) is 0 Å². The Hall–Kier alpha value is -2.63. The maximum atomic E-state index is 12.5. The Kier molecular flexibility index (Phi) is 5.97. The number of rotatable bonds is 6. The van der Waals surface area contributed by atoms with E-state index in [1.54, 1.807) is 6.26 Å². The molecule has 1 aromatic heterocycles. The van der Waals surface area contributed by atoms with Gasteiger partial charge in [-0.1, -0.05) is 30.3 Å². The summed E-state index contributed by atoms with van der Waals surface area (Å²) in [5.41, 5.74) is 5.46. The van der Waals surface area contributed by atoms with E-state index in [0.717, 1.165) is 36.2 Å². The minimum Gasteiger partial charge on any atom is -0.464 e. The van der Waals surface area contributed by atoms with Crippen molar-refractivity contribution >= 4 is 16.9 Å². The Bertz CT molecular complexity index is 980. The summed E-state index contributed by atoms with van der Waals surface area (Å²) in [7, 11) is 0. The van der Waals surface area contributed by atoms with Gasteiger partial charge in [0.25, 0.3) is 0 Å². The van der Waals surface area contributed by atoms with Crippen LogP contribution in [0.2, 0.25) is 0 Å². The quantitative estimate of drug-likeness (QED) is 0.696. The number of hydrogen-bond donors (Lipinski definition) is 1. The topological polar surface area (TPSA) is 54.7 Å². The van der Waals surface area contributed by atoms with Gasteiger partial charge in [-0.05, 0) is 42.7 Å². The standard InChI is InChI=1S/C24H28N2O3/c1-17-10-22-20(16-29-23(22)11-18(17)2)12-24(27)25-13-21-15-26(8-9-28-21)14-19-6-4-3-5-7-19/h3-7,10-11,16,21H,8-9,12-15H2,1-2H3,(H,25,27). The van der Waals surface area contributed by atoms with Crippen molar-refractivity contribution in [2.24, 2.45) is 0 Å². The lowest BCUT2D eigenvalue weighted by Crippen LogP contribution is -2.47. The molecule has 29 heavy (non-hydrogen) atoms. The predicted octanol–water partition coefficient (Wildman–Crippen LogP) is 3.61. The number of amides is 1. The van der Waals surface area contributed by atoms with Crippen molar-refractivity contribution in [3.05, 3.63) is 71.0 Å². The van der Waals surface area contributed by atoms with E-state index >= 15 is 0 Å². The molecule has 3 aromatic rings. The zero-order valence-corrected chi connectivity index (χ0v) is 17.1. The zero-order valence-electron chi connectivity index (χ0n) is 17.1. The Morgan fingerprint density at radius 3 is 2.79 bits per heavy atom. The van der Waals surface area contributed by atoms with Crippen LogP contribution in [0.4, 0.5) is 0 Å². The van der Waals surface area contributed by atoms with Gasteiger partial charge in [-0.15, -0.1) is 0 Å². The van der Waals surface area contributed by atoms with Crippen molar-refractivity contribution in [1.29, 1.82) is 0 Å². The molecule has 4 rings (SSSR count). The number of fused-ring (bicyclic) bond motifs is 1. The van der Waals surface area contributed by atoms with Crippen LogP contribution in [-0.2, 0) is 22.5 Å². The first-order valence-electron chi connectivity index (χ1n) is 10.2. The SMILES string of the molecule is Cc1cc2occ(CC(=O)NCC3CN(Cc4ccccc4)CCO3)c2cc1C. The second-order valence-corrected chi connectivity index (χ2v) is 7.89. The Morgan fingerprint density at radius 2 is 1.97 bits per heavy atom. The van der Waals surface area contributed by atoms with Crippen LogP contribution in [-0.4, -0.2) is 43.2 Å². The van der Waals surface area contributed by atoms with Gasteiger partial charge >= 0.3 is 0 Å². The number of morpholine rings is 1. The lowest BCUT2D eigenvalue weighted by Gasteiger charge is -2.33. The summed E-state index contributed by atoms with van der Waals surface area (Å²) >= 11 is 0. The van der Waals surface area contributed by atoms with E-state index in [9.17, 15) is 4.79 Å². The molecule has 5 nitrogen and oxygen atoms in total. The number of carbonyl (C=O) groups is 1. The normalized spacial score (nSPS) is 17.5. The first-order valence-corrected chi connectivity index (χ1v) is 10.2. The Balaban J connectivity index is 1.30. The van der Waals surface area contributed by atoms with Crippen LogP contribution in [0.15, 0.2) is 53.1 Å². The highest BCUT2D eigenvalue weighted by Gasteiger charge is 2.21. The number of aryl methyl sites for hydroxylation is 2. The third-order valence-electron chi connectivity index (χ3n) is 5.62. The Labute approximate surface area is 171 Å². The zero-order chi connectivity index (χ0) is 20.2. The van der Waals surface area contributed by atoms with E-state index < -0.39 is 0 Å². The van der Waals surface area contributed by atoms with Gasteiger partial charge in [0.05, 0.1) is 25.4 Å². The smallest absolute Gasteiger partial charge is 0.224 e. The first-order chi connectivity index (χ1) is 14.1. The maximum Gasteiger partial charge on any atom is 0.224 e. The van der Waals surface area contributed by atoms with Crippen molar-refractivity contribution in [3.63, 3.8) is 0 Å². The van der Waals surface area contributed by atoms with E-state index in [4.69, 9.17) is 9.15 Å². The van der Waals surface area contributed by atoms with Gasteiger partial charge in [0, 0.05) is 37.1 Å². The third kappa shape index (κ3) is 4.86. The average Bonchev–Trinajstić information content (AvgIpc) is 3.09. The molecule has 1 atom stereocenters. The number of ether oxygens (including phenoxy) is 1. The third-order valence-corrected chi connectivity index (χ3v) is 5.62. The van der Waals surface area contributed by atoms with Crippen LogP contribution in [0.5, 0.6) is 0 Å². The fourth-order valence-electron chi connectivity index (χ4n) is 3.83. The number of furan rings is 1. The molecular formula is C24H28N2O3. The molecule has 1 unspecified atom stereocenters. The molecule has 0 spiro atoms. The van der Waals surface area contributed by atoms with Crippen LogP contribution < -0.4 is 5.32 Å². The molecule has 0 saturated carbocycles. The molecule has 1 amide bonds. The maximum absolute atomic E-state index is 12.5. The molecule has 1 saturated heterocycles. The van der Waals surface area contributed by atoms with Crippen molar-refractivity contribution in [3.8, 4) is 0 Å². The molecule has 1 N–H and O–H groups in total. The highest BCUT2D eigenvalue weighted by Crippen LogP contribution is 2.25. The highest BCUT2D eigenvalue weighted by molar-refractivity contribution is 5.88. The van der Waals surface area contributed by atoms with Crippen molar-refractivity contribution in [2.45, 2.75) is 32.9 Å². The number of nitrogens with zero attached hydrogens (tertiary/aromatic N) is 1. The van der Waals surface area contributed by atoms with Crippen LogP contribution in [0, 0.1) is 13.8 Å². The summed E-state index contributed by atoms with van der Waals surface area (Å²) in [6.45, 7) is 8.01. The second-order valence-electron chi connectivity index (χ2n) is 7.89. The molecule has 1 aliphatic heterocycles. The molecule has 2 aromatic carbocycles. The van der Waals surface area contributed by atoms with Crippen LogP contribution in [0.3, 0.4) is 0 Å². The first kappa shape index (κ1) is 19.7. The summed E-state index contributed by atoms with van der Waals surface area (Å²) in [6, 6.07) is 14.6. The predicted molar refractivity (Wildman–Crippen MR) is 114 cm³/mol. The van der Waals surface area contributed by atoms with E-state index in [1.165, 1.54) is 16.7 Å². The average molecular weight is 392 g/mol. The molecule has 1 fully saturated rings. The highest BCUT2D eigenvalue weighted by atomic mass is 16.5. The molecule has 0 bridgehead atoms. The summed E-state index contributed by atoms with van der Waals surface area (Å²) in [5, 5.41) is 4.05. The van der Waals surface area contributed by atoms with Crippen molar-refractivity contribution in [2.75, 3.05) is 26.2 Å². The van der Waals surface area contributed by atoms with Crippen LogP contribution in [0.25, 0.3) is 11.0 Å². The number of nitrogens with one attached hydrogen (secondary N) is 1. The summed E-state index contributed by atoms with van der Waals surface area (Å²) < 4.78 is 11.5. The van der Waals surface area contributed by atoms with Gasteiger partial charge in [-0.25, -0.2) is 0 Å². The van der Waals surface area contributed by atoms with E-state index in [2.05, 4.69) is 54.4 Å². The summed E-state index contributed by atoms with van der Waals surface area (Å²) in [6.07, 6.45) is 2.03. The minimum atomic E-state index is -0.00490. The molecule has 1 aliphatic rings. The number of benzene rings is 2. The summed E-state index contributed by atoms with van der Waals surface area (Å²) in [5.74, 6) is -0.00490. The molecular weight excluding hydrogens is 364 g/mol. The van der Waals surface area contributed by atoms with Gasteiger partial charge in [0.2, 0.25) is 5.91 Å². The molecule has 5 heteroatoms. The molecule has 0 aliphatic carbocycles. The van der Waals surface area contributed by atoms with Gasteiger partial charge in [-0.3, -0.25) is 9.69 Å². The van der Waals surface area contributed by atoms with Crippen LogP contribution in [0.1, 0.15) is 22.3 Å². The Morgan fingerprint density at radius 1 is 1.17 bits per heavy atom. The fraction of sp³-hybridized carbons (Fsp3) is 0.375.